The Labute approximate surface area is 147 Å². The Morgan fingerprint density at radius 2 is 1.84 bits per heavy atom. The number of nitrogens with zero attached hydrogens (tertiary/aromatic N) is 2. The second kappa shape index (κ2) is 7.82. The van der Waals surface area contributed by atoms with Crippen LogP contribution in [0.4, 0.5) is 0 Å². The third kappa shape index (κ3) is 4.37. The summed E-state index contributed by atoms with van der Waals surface area (Å²) >= 11 is 0. The molecule has 1 aliphatic rings. The molecular formula is C20H20N2O3. The molecule has 0 saturated carbocycles. The third-order valence-corrected chi connectivity index (χ3v) is 4.20. The van der Waals surface area contributed by atoms with Crippen molar-refractivity contribution in [1.82, 2.24) is 4.90 Å². The van der Waals surface area contributed by atoms with Gasteiger partial charge in [-0.2, -0.15) is 5.26 Å². The summed E-state index contributed by atoms with van der Waals surface area (Å²) in [6.45, 7) is 4.44. The van der Waals surface area contributed by atoms with E-state index in [0.717, 1.165) is 11.1 Å². The zero-order valence-electron chi connectivity index (χ0n) is 14.2. The molecule has 1 amide bonds. The average Bonchev–Trinajstić information content (AvgIpc) is 2.64. The van der Waals surface area contributed by atoms with Crippen molar-refractivity contribution in [2.24, 2.45) is 0 Å². The molecule has 1 heterocycles. The fourth-order valence-electron chi connectivity index (χ4n) is 2.74. The highest BCUT2D eigenvalue weighted by Gasteiger charge is 2.16. The smallest absolute Gasteiger partial charge is 0.227 e. The second-order valence-corrected chi connectivity index (χ2v) is 6.00. The number of carbonyl (C=O) groups excluding carboxylic acids is 1. The van der Waals surface area contributed by atoms with Crippen LogP contribution in [0.2, 0.25) is 0 Å². The zero-order chi connectivity index (χ0) is 17.6. The topological polar surface area (TPSA) is 62.6 Å². The molecule has 0 aromatic heterocycles. The van der Waals surface area contributed by atoms with Crippen LogP contribution in [0, 0.1) is 18.3 Å². The monoisotopic (exact) mass is 336 g/mol. The molecule has 5 nitrogen and oxygen atoms in total. The van der Waals surface area contributed by atoms with Gasteiger partial charge in [0, 0.05) is 13.1 Å². The Hall–Kier alpha value is -2.84. The maximum atomic E-state index is 12.3. The number of aryl methyl sites for hydroxylation is 1. The predicted molar refractivity (Wildman–Crippen MR) is 93.5 cm³/mol. The molecule has 128 valence electrons. The number of hydrogen-bond donors (Lipinski definition) is 0. The van der Waals surface area contributed by atoms with Gasteiger partial charge in [-0.15, -0.1) is 0 Å². The first-order chi connectivity index (χ1) is 12.2. The summed E-state index contributed by atoms with van der Waals surface area (Å²) in [6, 6.07) is 15.0. The first-order valence-corrected chi connectivity index (χ1v) is 8.29. The van der Waals surface area contributed by atoms with Gasteiger partial charge in [-0.25, -0.2) is 0 Å². The minimum atomic E-state index is 0.125. The molecule has 3 rings (SSSR count). The number of hydrogen-bond acceptors (Lipinski definition) is 4. The van der Waals surface area contributed by atoms with Crippen LogP contribution in [-0.4, -0.2) is 37.1 Å². The number of rotatable bonds is 4. The van der Waals surface area contributed by atoms with Gasteiger partial charge in [0.15, 0.2) is 0 Å². The van der Waals surface area contributed by atoms with E-state index in [1.165, 1.54) is 0 Å². The number of benzene rings is 2. The average molecular weight is 336 g/mol. The van der Waals surface area contributed by atoms with Crippen LogP contribution in [0.1, 0.15) is 16.7 Å². The van der Waals surface area contributed by atoms with Crippen LogP contribution in [0.15, 0.2) is 42.5 Å². The largest absolute Gasteiger partial charge is 0.457 e. The van der Waals surface area contributed by atoms with Gasteiger partial charge >= 0.3 is 0 Å². The molecule has 2 aromatic rings. The number of ether oxygens (including phenoxy) is 2. The van der Waals surface area contributed by atoms with Crippen molar-refractivity contribution in [1.29, 1.82) is 5.26 Å². The molecule has 1 saturated heterocycles. The molecular weight excluding hydrogens is 316 g/mol. The van der Waals surface area contributed by atoms with E-state index in [2.05, 4.69) is 6.07 Å². The number of carbonyl (C=O) groups is 1. The normalized spacial score (nSPS) is 14.0. The SMILES string of the molecule is Cc1cc(Oc2ccc(CC(=O)N3CCOCC3)cc2)ccc1C#N. The molecule has 25 heavy (non-hydrogen) atoms. The number of nitriles is 1. The maximum absolute atomic E-state index is 12.3. The molecule has 0 bridgehead atoms. The molecule has 0 radical (unpaired) electrons. The third-order valence-electron chi connectivity index (χ3n) is 4.20. The van der Waals surface area contributed by atoms with Crippen LogP contribution in [-0.2, 0) is 16.0 Å². The van der Waals surface area contributed by atoms with Gasteiger partial charge in [-0.05, 0) is 48.4 Å². The quantitative estimate of drug-likeness (QED) is 0.861. The molecule has 0 aliphatic carbocycles. The highest BCUT2D eigenvalue weighted by Crippen LogP contribution is 2.24. The van der Waals surface area contributed by atoms with Gasteiger partial charge < -0.3 is 14.4 Å². The molecule has 0 atom stereocenters. The Kier molecular flexibility index (Phi) is 5.32. The van der Waals surface area contributed by atoms with Crippen LogP contribution in [0.3, 0.4) is 0 Å². The highest BCUT2D eigenvalue weighted by atomic mass is 16.5. The highest BCUT2D eigenvalue weighted by molar-refractivity contribution is 5.78. The van der Waals surface area contributed by atoms with Crippen molar-refractivity contribution in [2.75, 3.05) is 26.3 Å². The summed E-state index contributed by atoms with van der Waals surface area (Å²) in [7, 11) is 0. The molecule has 1 fully saturated rings. The summed E-state index contributed by atoms with van der Waals surface area (Å²) in [6.07, 6.45) is 0.385. The minimum Gasteiger partial charge on any atom is -0.457 e. The standard InChI is InChI=1S/C20H20N2O3/c1-15-12-19(7-4-17(15)14-21)25-18-5-2-16(3-6-18)13-20(23)22-8-10-24-11-9-22/h2-7,12H,8-11,13H2,1H3. The molecule has 0 N–H and O–H groups in total. The van der Waals surface area contributed by atoms with Crippen molar-refractivity contribution in [3.8, 4) is 17.6 Å². The molecule has 0 spiro atoms. The van der Waals surface area contributed by atoms with Gasteiger partial charge in [-0.3, -0.25) is 4.79 Å². The lowest BCUT2D eigenvalue weighted by Gasteiger charge is -2.26. The van der Waals surface area contributed by atoms with E-state index in [-0.39, 0.29) is 5.91 Å². The van der Waals surface area contributed by atoms with E-state index in [9.17, 15) is 4.79 Å². The second-order valence-electron chi connectivity index (χ2n) is 6.00. The fraction of sp³-hybridized carbons (Fsp3) is 0.300. The van der Waals surface area contributed by atoms with Crippen LogP contribution >= 0.6 is 0 Å². The lowest BCUT2D eigenvalue weighted by Crippen LogP contribution is -2.41. The maximum Gasteiger partial charge on any atom is 0.227 e. The van der Waals surface area contributed by atoms with E-state index in [0.29, 0.717) is 49.8 Å². The van der Waals surface area contributed by atoms with Crippen molar-refractivity contribution >= 4 is 5.91 Å². The van der Waals surface area contributed by atoms with Gasteiger partial charge in [0.2, 0.25) is 5.91 Å². The van der Waals surface area contributed by atoms with E-state index in [4.69, 9.17) is 14.7 Å². The lowest BCUT2D eigenvalue weighted by atomic mass is 10.1. The number of morpholine rings is 1. The summed E-state index contributed by atoms with van der Waals surface area (Å²) in [5.41, 5.74) is 2.48. The van der Waals surface area contributed by atoms with Crippen molar-refractivity contribution in [3.05, 3.63) is 59.2 Å². The van der Waals surface area contributed by atoms with E-state index >= 15 is 0 Å². The Morgan fingerprint density at radius 1 is 1.16 bits per heavy atom. The Bertz CT molecular complexity index is 788. The fourth-order valence-corrected chi connectivity index (χ4v) is 2.74. The van der Waals surface area contributed by atoms with Gasteiger partial charge in [0.1, 0.15) is 11.5 Å². The minimum absolute atomic E-state index is 0.125. The zero-order valence-corrected chi connectivity index (χ0v) is 14.2. The summed E-state index contributed by atoms with van der Waals surface area (Å²) in [5.74, 6) is 1.51. The van der Waals surface area contributed by atoms with E-state index in [1.807, 2.05) is 42.2 Å². The summed E-state index contributed by atoms with van der Waals surface area (Å²) in [4.78, 5) is 14.1. The van der Waals surface area contributed by atoms with E-state index in [1.54, 1.807) is 12.1 Å². The Balaban J connectivity index is 1.61. The predicted octanol–water partition coefficient (Wildman–Crippen LogP) is 3.06. The summed E-state index contributed by atoms with van der Waals surface area (Å²) in [5, 5.41) is 8.97. The van der Waals surface area contributed by atoms with Crippen LogP contribution < -0.4 is 4.74 Å². The van der Waals surface area contributed by atoms with Gasteiger partial charge in [0.25, 0.3) is 0 Å². The van der Waals surface area contributed by atoms with Gasteiger partial charge in [-0.1, -0.05) is 12.1 Å². The van der Waals surface area contributed by atoms with Crippen molar-refractivity contribution in [2.45, 2.75) is 13.3 Å². The Morgan fingerprint density at radius 3 is 2.48 bits per heavy atom. The van der Waals surface area contributed by atoms with Crippen LogP contribution in [0.25, 0.3) is 0 Å². The van der Waals surface area contributed by atoms with Gasteiger partial charge in [0.05, 0.1) is 31.3 Å². The number of amides is 1. The molecule has 2 aromatic carbocycles. The van der Waals surface area contributed by atoms with E-state index < -0.39 is 0 Å². The molecule has 1 aliphatic heterocycles. The lowest BCUT2D eigenvalue weighted by molar-refractivity contribution is -0.134. The first kappa shape index (κ1) is 17.0. The van der Waals surface area contributed by atoms with Crippen molar-refractivity contribution < 1.29 is 14.3 Å². The molecule has 5 heteroatoms. The molecule has 0 unspecified atom stereocenters. The van der Waals surface area contributed by atoms with Crippen molar-refractivity contribution in [3.63, 3.8) is 0 Å². The van der Waals surface area contributed by atoms with Crippen LogP contribution in [0.5, 0.6) is 11.5 Å². The summed E-state index contributed by atoms with van der Waals surface area (Å²) < 4.78 is 11.1. The first-order valence-electron chi connectivity index (χ1n) is 8.29.